The maximum Gasteiger partial charge on any atom is 0.337 e. The predicted octanol–water partition coefficient (Wildman–Crippen LogP) is 5.05. The van der Waals surface area contributed by atoms with Crippen LogP contribution in [0.15, 0.2) is 72.8 Å². The van der Waals surface area contributed by atoms with E-state index in [1.165, 1.54) is 11.6 Å². The Hall–Kier alpha value is -3.14. The van der Waals surface area contributed by atoms with Crippen LogP contribution in [0.5, 0.6) is 0 Å². The summed E-state index contributed by atoms with van der Waals surface area (Å²) in [6, 6.07) is 21.4. The first-order valence-electron chi connectivity index (χ1n) is 8.05. The van der Waals surface area contributed by atoms with Crippen LogP contribution in [0.25, 0.3) is 0 Å². The van der Waals surface area contributed by atoms with Gasteiger partial charge >= 0.3 is 5.97 Å². The third-order valence-electron chi connectivity index (χ3n) is 4.00. The fraction of sp³-hybridized carbons (Fsp3) is 0.0952. The number of nitrogens with one attached hydrogen (secondary N) is 1. The van der Waals surface area contributed by atoms with Crippen molar-refractivity contribution in [1.82, 2.24) is 0 Å². The summed E-state index contributed by atoms with van der Waals surface area (Å²) >= 11 is 0. The molecule has 25 heavy (non-hydrogen) atoms. The maximum atomic E-state index is 13.9. The highest BCUT2D eigenvalue weighted by Gasteiger charge is 2.12. The minimum atomic E-state index is -1.05. The molecule has 4 heteroatoms. The zero-order valence-corrected chi connectivity index (χ0v) is 13.6. The second-order valence-corrected chi connectivity index (χ2v) is 5.78. The van der Waals surface area contributed by atoms with E-state index in [2.05, 4.69) is 17.4 Å². The Balaban J connectivity index is 1.84. The highest BCUT2D eigenvalue weighted by Crippen LogP contribution is 2.25. The minimum absolute atomic E-state index is 0.117. The summed E-state index contributed by atoms with van der Waals surface area (Å²) in [5, 5.41) is 12.3. The van der Waals surface area contributed by atoms with Crippen LogP contribution in [0.3, 0.4) is 0 Å². The predicted molar refractivity (Wildman–Crippen MR) is 96.9 cm³/mol. The normalized spacial score (nSPS) is 10.4. The molecule has 0 radical (unpaired) electrons. The standard InChI is InChI=1S/C21H18FNO2/c22-18-8-4-5-9-19(18)23-20-14-16(12-13-17(20)21(24)25)11-10-15-6-2-1-3-7-15/h1-9,12-14,23H,10-11H2,(H,24,25). The SMILES string of the molecule is O=C(O)c1ccc(CCc2ccccc2)cc1Nc1ccccc1F. The number of rotatable bonds is 6. The zero-order chi connectivity index (χ0) is 17.6. The zero-order valence-electron chi connectivity index (χ0n) is 13.6. The molecule has 0 aliphatic heterocycles. The quantitative estimate of drug-likeness (QED) is 0.662. The second kappa shape index (κ2) is 7.62. The monoisotopic (exact) mass is 335 g/mol. The highest BCUT2D eigenvalue weighted by atomic mass is 19.1. The molecule has 0 saturated heterocycles. The summed E-state index contributed by atoms with van der Waals surface area (Å²) in [4.78, 5) is 11.5. The molecule has 0 saturated carbocycles. The summed E-state index contributed by atoms with van der Waals surface area (Å²) in [5.41, 5.74) is 2.97. The van der Waals surface area contributed by atoms with Crippen molar-refractivity contribution in [2.24, 2.45) is 0 Å². The third-order valence-corrected chi connectivity index (χ3v) is 4.00. The summed E-state index contributed by atoms with van der Waals surface area (Å²) in [7, 11) is 0. The summed E-state index contributed by atoms with van der Waals surface area (Å²) in [6.45, 7) is 0. The lowest BCUT2D eigenvalue weighted by Gasteiger charge is -2.12. The van der Waals surface area contributed by atoms with E-state index in [-0.39, 0.29) is 11.3 Å². The lowest BCUT2D eigenvalue weighted by atomic mass is 10.0. The van der Waals surface area contributed by atoms with Crippen LogP contribution in [0.4, 0.5) is 15.8 Å². The van der Waals surface area contributed by atoms with Gasteiger partial charge in [0.25, 0.3) is 0 Å². The fourth-order valence-electron chi connectivity index (χ4n) is 2.68. The van der Waals surface area contributed by atoms with Gasteiger partial charge in [-0.05, 0) is 48.2 Å². The first-order chi connectivity index (χ1) is 12.1. The second-order valence-electron chi connectivity index (χ2n) is 5.78. The van der Waals surface area contributed by atoms with Crippen molar-refractivity contribution < 1.29 is 14.3 Å². The number of carbonyl (C=O) groups is 1. The minimum Gasteiger partial charge on any atom is -0.478 e. The Morgan fingerprint density at radius 3 is 2.24 bits per heavy atom. The number of carboxylic acid groups (broad SMARTS) is 1. The maximum absolute atomic E-state index is 13.9. The van der Waals surface area contributed by atoms with Gasteiger partial charge in [-0.2, -0.15) is 0 Å². The van der Waals surface area contributed by atoms with E-state index in [1.807, 2.05) is 18.2 Å². The van der Waals surface area contributed by atoms with E-state index < -0.39 is 11.8 Å². The van der Waals surface area contributed by atoms with Gasteiger partial charge in [0.1, 0.15) is 5.82 Å². The van der Waals surface area contributed by atoms with Crippen molar-refractivity contribution in [3.8, 4) is 0 Å². The molecule has 126 valence electrons. The summed E-state index contributed by atoms with van der Waals surface area (Å²) in [6.07, 6.45) is 1.63. The number of anilines is 2. The molecule has 0 bridgehead atoms. The van der Waals surface area contributed by atoms with E-state index in [4.69, 9.17) is 0 Å². The Bertz CT molecular complexity index is 878. The number of para-hydroxylation sites is 1. The lowest BCUT2D eigenvalue weighted by molar-refractivity contribution is 0.0698. The topological polar surface area (TPSA) is 49.3 Å². The van der Waals surface area contributed by atoms with Gasteiger partial charge in [0.2, 0.25) is 0 Å². The Morgan fingerprint density at radius 1 is 0.840 bits per heavy atom. The van der Waals surface area contributed by atoms with Crippen LogP contribution in [-0.4, -0.2) is 11.1 Å². The number of hydrogen-bond donors (Lipinski definition) is 2. The van der Waals surface area contributed by atoms with Gasteiger partial charge < -0.3 is 10.4 Å². The molecule has 0 atom stereocenters. The Morgan fingerprint density at radius 2 is 1.52 bits per heavy atom. The van der Waals surface area contributed by atoms with E-state index in [0.717, 1.165) is 18.4 Å². The average molecular weight is 335 g/mol. The van der Waals surface area contributed by atoms with Crippen LogP contribution in [0.2, 0.25) is 0 Å². The van der Waals surface area contributed by atoms with Gasteiger partial charge in [0, 0.05) is 0 Å². The average Bonchev–Trinajstić information content (AvgIpc) is 2.63. The van der Waals surface area contributed by atoms with Crippen molar-refractivity contribution >= 4 is 17.3 Å². The third kappa shape index (κ3) is 4.23. The molecule has 3 nitrogen and oxygen atoms in total. The fourth-order valence-corrected chi connectivity index (χ4v) is 2.68. The molecule has 2 N–H and O–H groups in total. The number of aromatic carboxylic acids is 1. The van der Waals surface area contributed by atoms with Crippen LogP contribution in [0.1, 0.15) is 21.5 Å². The largest absolute Gasteiger partial charge is 0.478 e. The van der Waals surface area contributed by atoms with Gasteiger partial charge in [0.15, 0.2) is 0 Å². The summed E-state index contributed by atoms with van der Waals surface area (Å²) < 4.78 is 13.9. The molecule has 0 aliphatic rings. The van der Waals surface area contributed by atoms with Crippen LogP contribution < -0.4 is 5.32 Å². The highest BCUT2D eigenvalue weighted by molar-refractivity contribution is 5.95. The Labute approximate surface area is 145 Å². The lowest BCUT2D eigenvalue weighted by Crippen LogP contribution is -2.05. The molecule has 3 aromatic carbocycles. The Kier molecular flexibility index (Phi) is 5.09. The smallest absolute Gasteiger partial charge is 0.337 e. The molecule has 3 rings (SSSR count). The van der Waals surface area contributed by atoms with Crippen molar-refractivity contribution in [1.29, 1.82) is 0 Å². The first kappa shape index (κ1) is 16.7. The van der Waals surface area contributed by atoms with E-state index in [1.54, 1.807) is 36.4 Å². The molecule has 0 aliphatic carbocycles. The number of hydrogen-bond acceptors (Lipinski definition) is 2. The summed E-state index contributed by atoms with van der Waals surface area (Å²) in [5.74, 6) is -1.47. The van der Waals surface area contributed by atoms with Crippen molar-refractivity contribution in [3.05, 3.63) is 95.3 Å². The molecule has 0 spiro atoms. The number of benzene rings is 3. The van der Waals surface area contributed by atoms with Crippen molar-refractivity contribution in [2.45, 2.75) is 12.8 Å². The number of carboxylic acids is 1. The van der Waals surface area contributed by atoms with Crippen LogP contribution >= 0.6 is 0 Å². The first-order valence-corrected chi connectivity index (χ1v) is 8.05. The van der Waals surface area contributed by atoms with Gasteiger partial charge in [-0.1, -0.05) is 48.5 Å². The van der Waals surface area contributed by atoms with Gasteiger partial charge in [-0.3, -0.25) is 0 Å². The number of aryl methyl sites for hydroxylation is 2. The van der Waals surface area contributed by atoms with E-state index in [0.29, 0.717) is 5.69 Å². The molecule has 0 amide bonds. The van der Waals surface area contributed by atoms with E-state index >= 15 is 0 Å². The number of halogens is 1. The molecule has 3 aromatic rings. The van der Waals surface area contributed by atoms with Gasteiger partial charge in [-0.15, -0.1) is 0 Å². The molecule has 0 unspecified atom stereocenters. The molecule has 0 aromatic heterocycles. The van der Waals surface area contributed by atoms with Crippen molar-refractivity contribution in [2.75, 3.05) is 5.32 Å². The van der Waals surface area contributed by atoms with E-state index in [9.17, 15) is 14.3 Å². The molecular formula is C21H18FNO2. The van der Waals surface area contributed by atoms with Crippen LogP contribution in [0, 0.1) is 5.82 Å². The van der Waals surface area contributed by atoms with Gasteiger partial charge in [0.05, 0.1) is 16.9 Å². The molecule has 0 fully saturated rings. The molecular weight excluding hydrogens is 317 g/mol. The van der Waals surface area contributed by atoms with Crippen molar-refractivity contribution in [3.63, 3.8) is 0 Å². The van der Waals surface area contributed by atoms with Crippen LogP contribution in [-0.2, 0) is 12.8 Å². The molecule has 0 heterocycles. The van der Waals surface area contributed by atoms with Gasteiger partial charge in [-0.25, -0.2) is 9.18 Å².